The van der Waals surface area contributed by atoms with E-state index < -0.39 is 0 Å². The van der Waals surface area contributed by atoms with E-state index in [2.05, 4.69) is 15.5 Å². The van der Waals surface area contributed by atoms with Gasteiger partial charge in [0.2, 0.25) is 5.91 Å². The molecule has 1 N–H and O–H groups in total. The van der Waals surface area contributed by atoms with Gasteiger partial charge in [-0.15, -0.1) is 10.2 Å². The van der Waals surface area contributed by atoms with Gasteiger partial charge in [-0.25, -0.2) is 0 Å². The van der Waals surface area contributed by atoms with Crippen LogP contribution in [0.15, 0.2) is 11.5 Å². The Kier molecular flexibility index (Phi) is 3.79. The molecule has 16 heavy (non-hydrogen) atoms. The first-order valence-electron chi connectivity index (χ1n) is 5.22. The Hall–Kier alpha value is -1.08. The SMILES string of the molecule is Cn1cnnc1SCC(=O)N1CCNCC1. The third-order valence-electron chi connectivity index (χ3n) is 2.46. The fourth-order valence-electron chi connectivity index (χ4n) is 1.54. The molecule has 1 aromatic rings. The Labute approximate surface area is 98.4 Å². The molecule has 1 aliphatic heterocycles. The number of nitrogens with one attached hydrogen (secondary N) is 1. The standard InChI is InChI=1S/C9H15N5OS/c1-13-7-11-12-9(13)16-6-8(15)14-4-2-10-3-5-14/h7,10H,2-6H2,1H3. The van der Waals surface area contributed by atoms with Gasteiger partial charge < -0.3 is 14.8 Å². The van der Waals surface area contributed by atoms with E-state index in [1.807, 2.05) is 16.5 Å². The Bertz CT molecular complexity index is 361. The number of hydrogen-bond donors (Lipinski definition) is 1. The molecule has 0 radical (unpaired) electrons. The Morgan fingerprint density at radius 3 is 2.94 bits per heavy atom. The molecule has 0 saturated carbocycles. The van der Waals surface area contributed by atoms with E-state index >= 15 is 0 Å². The molecule has 1 amide bonds. The van der Waals surface area contributed by atoms with Crippen LogP contribution >= 0.6 is 11.8 Å². The van der Waals surface area contributed by atoms with Crippen LogP contribution in [0, 0.1) is 0 Å². The molecule has 0 aromatic carbocycles. The van der Waals surface area contributed by atoms with E-state index in [1.54, 1.807) is 6.33 Å². The van der Waals surface area contributed by atoms with Crippen LogP contribution in [0.4, 0.5) is 0 Å². The second-order valence-electron chi connectivity index (χ2n) is 3.64. The van der Waals surface area contributed by atoms with Crippen molar-refractivity contribution in [2.45, 2.75) is 5.16 Å². The molecule has 1 fully saturated rings. The zero-order valence-electron chi connectivity index (χ0n) is 9.22. The minimum absolute atomic E-state index is 0.175. The fraction of sp³-hybridized carbons (Fsp3) is 0.667. The monoisotopic (exact) mass is 241 g/mol. The lowest BCUT2D eigenvalue weighted by molar-refractivity contribution is -0.128. The number of carbonyl (C=O) groups is 1. The van der Waals surface area contributed by atoms with Crippen molar-refractivity contribution in [1.82, 2.24) is 25.0 Å². The maximum Gasteiger partial charge on any atom is 0.233 e. The minimum Gasteiger partial charge on any atom is -0.339 e. The van der Waals surface area contributed by atoms with Gasteiger partial charge in [0, 0.05) is 33.2 Å². The lowest BCUT2D eigenvalue weighted by Crippen LogP contribution is -2.47. The molecule has 6 nitrogen and oxygen atoms in total. The van der Waals surface area contributed by atoms with Gasteiger partial charge in [-0.2, -0.15) is 0 Å². The van der Waals surface area contributed by atoms with Crippen molar-refractivity contribution in [2.24, 2.45) is 7.05 Å². The second kappa shape index (κ2) is 5.31. The smallest absolute Gasteiger partial charge is 0.233 e. The van der Waals surface area contributed by atoms with Gasteiger partial charge >= 0.3 is 0 Å². The van der Waals surface area contributed by atoms with Gasteiger partial charge in [0.25, 0.3) is 0 Å². The van der Waals surface area contributed by atoms with E-state index in [4.69, 9.17) is 0 Å². The summed E-state index contributed by atoms with van der Waals surface area (Å²) in [5.41, 5.74) is 0. The lowest BCUT2D eigenvalue weighted by Gasteiger charge is -2.27. The van der Waals surface area contributed by atoms with E-state index in [-0.39, 0.29) is 5.91 Å². The summed E-state index contributed by atoms with van der Waals surface area (Å²) in [6.07, 6.45) is 1.64. The highest BCUT2D eigenvalue weighted by Gasteiger charge is 2.16. The average Bonchev–Trinajstić information content (AvgIpc) is 2.73. The molecule has 0 aliphatic carbocycles. The van der Waals surface area contributed by atoms with Crippen molar-refractivity contribution < 1.29 is 4.79 Å². The summed E-state index contributed by atoms with van der Waals surface area (Å²) < 4.78 is 1.82. The fourth-order valence-corrected chi connectivity index (χ4v) is 2.33. The molecule has 1 saturated heterocycles. The van der Waals surface area contributed by atoms with E-state index in [1.165, 1.54) is 11.8 Å². The third kappa shape index (κ3) is 2.73. The van der Waals surface area contributed by atoms with Crippen LogP contribution in [-0.4, -0.2) is 57.5 Å². The summed E-state index contributed by atoms with van der Waals surface area (Å²) in [6, 6.07) is 0. The van der Waals surface area contributed by atoms with Crippen LogP contribution in [0.5, 0.6) is 0 Å². The minimum atomic E-state index is 0.175. The number of carbonyl (C=O) groups excluding carboxylic acids is 1. The number of hydrogen-bond acceptors (Lipinski definition) is 5. The number of thioether (sulfide) groups is 1. The molecule has 0 bridgehead atoms. The summed E-state index contributed by atoms with van der Waals surface area (Å²) in [5, 5.41) is 11.7. The molecule has 1 aromatic heterocycles. The van der Waals surface area contributed by atoms with Crippen molar-refractivity contribution in [2.75, 3.05) is 31.9 Å². The molecule has 2 heterocycles. The highest BCUT2D eigenvalue weighted by Crippen LogP contribution is 2.13. The summed E-state index contributed by atoms with van der Waals surface area (Å²) in [5.74, 6) is 0.613. The Balaban J connectivity index is 1.81. The number of rotatable bonds is 3. The highest BCUT2D eigenvalue weighted by molar-refractivity contribution is 7.99. The van der Waals surface area contributed by atoms with Crippen molar-refractivity contribution in [3.63, 3.8) is 0 Å². The Morgan fingerprint density at radius 2 is 2.31 bits per heavy atom. The van der Waals surface area contributed by atoms with Crippen LogP contribution in [0.2, 0.25) is 0 Å². The zero-order chi connectivity index (χ0) is 11.4. The molecule has 1 aliphatic rings. The summed E-state index contributed by atoms with van der Waals surface area (Å²) in [4.78, 5) is 13.7. The largest absolute Gasteiger partial charge is 0.339 e. The average molecular weight is 241 g/mol. The van der Waals surface area contributed by atoms with Crippen LogP contribution in [0.1, 0.15) is 0 Å². The van der Waals surface area contributed by atoms with Crippen molar-refractivity contribution >= 4 is 17.7 Å². The van der Waals surface area contributed by atoms with Crippen LogP contribution in [0.25, 0.3) is 0 Å². The predicted molar refractivity (Wildman–Crippen MR) is 61.2 cm³/mol. The third-order valence-corrected chi connectivity index (χ3v) is 3.48. The maximum atomic E-state index is 11.8. The number of piperazine rings is 1. The van der Waals surface area contributed by atoms with Crippen molar-refractivity contribution in [3.8, 4) is 0 Å². The first-order chi connectivity index (χ1) is 7.77. The first-order valence-corrected chi connectivity index (χ1v) is 6.21. The van der Waals surface area contributed by atoms with Crippen LogP contribution in [-0.2, 0) is 11.8 Å². The highest BCUT2D eigenvalue weighted by atomic mass is 32.2. The van der Waals surface area contributed by atoms with Crippen LogP contribution in [0.3, 0.4) is 0 Å². The van der Waals surface area contributed by atoms with E-state index in [9.17, 15) is 4.79 Å². The van der Waals surface area contributed by atoms with Gasteiger partial charge in [-0.1, -0.05) is 11.8 Å². The zero-order valence-corrected chi connectivity index (χ0v) is 10.0. The van der Waals surface area contributed by atoms with Crippen LogP contribution < -0.4 is 5.32 Å². The van der Waals surface area contributed by atoms with Gasteiger partial charge in [-0.3, -0.25) is 4.79 Å². The van der Waals surface area contributed by atoms with E-state index in [0.717, 1.165) is 31.3 Å². The van der Waals surface area contributed by atoms with Gasteiger partial charge in [0.05, 0.1) is 5.75 Å². The van der Waals surface area contributed by atoms with Gasteiger partial charge in [0.15, 0.2) is 5.16 Å². The number of amides is 1. The molecular weight excluding hydrogens is 226 g/mol. The number of aromatic nitrogens is 3. The quantitative estimate of drug-likeness (QED) is 0.712. The lowest BCUT2D eigenvalue weighted by atomic mass is 10.3. The predicted octanol–water partition coefficient (Wildman–Crippen LogP) is -0.661. The summed E-state index contributed by atoms with van der Waals surface area (Å²) >= 11 is 1.43. The summed E-state index contributed by atoms with van der Waals surface area (Å²) in [7, 11) is 1.87. The van der Waals surface area contributed by atoms with E-state index in [0.29, 0.717) is 5.75 Å². The number of nitrogens with zero attached hydrogens (tertiary/aromatic N) is 4. The molecule has 0 atom stereocenters. The molecule has 0 unspecified atom stereocenters. The normalized spacial score (nSPS) is 16.4. The molecule has 7 heteroatoms. The number of aryl methyl sites for hydroxylation is 1. The van der Waals surface area contributed by atoms with Gasteiger partial charge in [-0.05, 0) is 0 Å². The first kappa shape index (κ1) is 11.4. The van der Waals surface area contributed by atoms with Gasteiger partial charge in [0.1, 0.15) is 6.33 Å². The van der Waals surface area contributed by atoms with Crippen molar-refractivity contribution in [1.29, 1.82) is 0 Å². The molecular formula is C9H15N5OS. The molecule has 0 spiro atoms. The van der Waals surface area contributed by atoms with Crippen molar-refractivity contribution in [3.05, 3.63) is 6.33 Å². The molecule has 88 valence electrons. The second-order valence-corrected chi connectivity index (χ2v) is 4.59. The maximum absolute atomic E-state index is 11.8. The summed E-state index contributed by atoms with van der Waals surface area (Å²) in [6.45, 7) is 3.39. The topological polar surface area (TPSA) is 63.1 Å². The Morgan fingerprint density at radius 1 is 1.56 bits per heavy atom. The molecule has 2 rings (SSSR count).